The Bertz CT molecular complexity index is 745. The summed E-state index contributed by atoms with van der Waals surface area (Å²) >= 11 is 5.94. The lowest BCUT2D eigenvalue weighted by Crippen LogP contribution is -2.18. The molecule has 0 aliphatic rings. The van der Waals surface area contributed by atoms with E-state index in [1.165, 1.54) is 12.1 Å². The Morgan fingerprint density at radius 1 is 1.17 bits per heavy atom. The van der Waals surface area contributed by atoms with Crippen LogP contribution in [-0.2, 0) is 17.4 Å². The first kappa shape index (κ1) is 18.1. The van der Waals surface area contributed by atoms with Crippen molar-refractivity contribution in [1.29, 1.82) is 0 Å². The third kappa shape index (κ3) is 4.64. The van der Waals surface area contributed by atoms with Crippen LogP contribution < -0.4 is 10.2 Å². The molecule has 0 aliphatic carbocycles. The third-order valence-corrected chi connectivity index (χ3v) is 3.57. The highest BCUT2D eigenvalue weighted by Gasteiger charge is 2.30. The minimum absolute atomic E-state index is 0.163. The van der Waals surface area contributed by atoms with Crippen molar-refractivity contribution in [2.24, 2.45) is 0 Å². The quantitative estimate of drug-likeness (QED) is 0.868. The Hall–Kier alpha value is -2.21. The fourth-order valence-electron chi connectivity index (χ4n) is 2.24. The molecular weight excluding hydrogens is 341 g/mol. The number of rotatable bonds is 4. The maximum atomic E-state index is 12.7. The molecule has 1 amide bonds. The minimum atomic E-state index is -4.43. The van der Waals surface area contributed by atoms with Gasteiger partial charge in [-0.3, -0.25) is 4.79 Å². The van der Waals surface area contributed by atoms with E-state index in [9.17, 15) is 18.0 Å². The predicted octanol–water partition coefficient (Wildman–Crippen LogP) is 4.61. The summed E-state index contributed by atoms with van der Waals surface area (Å²) in [5, 5.41) is 3.15. The highest BCUT2D eigenvalue weighted by molar-refractivity contribution is 6.31. The van der Waals surface area contributed by atoms with Crippen LogP contribution in [0.5, 0.6) is 0 Å². The second-order valence-corrected chi connectivity index (χ2v) is 5.92. The molecule has 0 spiro atoms. The van der Waals surface area contributed by atoms with E-state index < -0.39 is 17.6 Å². The van der Waals surface area contributed by atoms with Gasteiger partial charge in [0.05, 0.1) is 23.4 Å². The molecule has 3 nitrogen and oxygen atoms in total. The normalized spacial score (nSPS) is 11.2. The summed E-state index contributed by atoms with van der Waals surface area (Å²) in [6.07, 6.45) is -4.60. The molecule has 0 saturated carbocycles. The van der Waals surface area contributed by atoms with Crippen LogP contribution in [0.4, 0.5) is 24.5 Å². The molecule has 0 unspecified atom stereocenters. The van der Waals surface area contributed by atoms with Crippen molar-refractivity contribution in [1.82, 2.24) is 0 Å². The molecule has 2 aromatic carbocycles. The first-order chi connectivity index (χ1) is 11.2. The lowest BCUT2D eigenvalue weighted by atomic mass is 10.1. The number of amides is 1. The van der Waals surface area contributed by atoms with Gasteiger partial charge in [0.25, 0.3) is 0 Å². The van der Waals surface area contributed by atoms with Gasteiger partial charge in [0.15, 0.2) is 0 Å². The van der Waals surface area contributed by atoms with Crippen LogP contribution in [0.2, 0.25) is 5.02 Å². The Balaban J connectivity index is 2.16. The van der Waals surface area contributed by atoms with E-state index in [2.05, 4.69) is 5.32 Å². The number of hydrogen-bond acceptors (Lipinski definition) is 2. The van der Waals surface area contributed by atoms with Gasteiger partial charge in [-0.05, 0) is 29.8 Å². The van der Waals surface area contributed by atoms with Gasteiger partial charge in [0.1, 0.15) is 0 Å². The summed E-state index contributed by atoms with van der Waals surface area (Å²) in [4.78, 5) is 14.0. The van der Waals surface area contributed by atoms with Crippen LogP contribution in [0.25, 0.3) is 0 Å². The van der Waals surface area contributed by atoms with Crippen LogP contribution in [-0.4, -0.2) is 20.0 Å². The number of benzene rings is 2. The van der Waals surface area contributed by atoms with Crippen molar-refractivity contribution in [3.8, 4) is 0 Å². The average Bonchev–Trinajstić information content (AvgIpc) is 2.46. The molecule has 0 bridgehead atoms. The summed E-state index contributed by atoms with van der Waals surface area (Å²) < 4.78 is 38.2. The zero-order valence-corrected chi connectivity index (χ0v) is 13.9. The van der Waals surface area contributed by atoms with Crippen LogP contribution in [0.15, 0.2) is 42.5 Å². The predicted molar refractivity (Wildman–Crippen MR) is 89.6 cm³/mol. The number of nitrogens with one attached hydrogen (secondary N) is 1. The van der Waals surface area contributed by atoms with E-state index in [1.807, 2.05) is 14.1 Å². The number of hydrogen-bond donors (Lipinski definition) is 1. The summed E-state index contributed by atoms with van der Waals surface area (Å²) in [5.41, 5.74) is 0.765. The molecule has 1 N–H and O–H groups in total. The number of alkyl halides is 3. The van der Waals surface area contributed by atoms with Gasteiger partial charge in [0, 0.05) is 19.1 Å². The van der Waals surface area contributed by atoms with E-state index in [0.717, 1.165) is 17.8 Å². The van der Waals surface area contributed by atoms with Crippen molar-refractivity contribution in [2.45, 2.75) is 12.6 Å². The van der Waals surface area contributed by atoms with Gasteiger partial charge in [-0.2, -0.15) is 13.2 Å². The summed E-state index contributed by atoms with van der Waals surface area (Å²) in [6.45, 7) is 0. The topological polar surface area (TPSA) is 32.3 Å². The molecule has 2 aromatic rings. The van der Waals surface area contributed by atoms with Gasteiger partial charge < -0.3 is 10.2 Å². The molecule has 0 heterocycles. The van der Waals surface area contributed by atoms with Gasteiger partial charge in [-0.15, -0.1) is 0 Å². The molecule has 24 heavy (non-hydrogen) atoms. The van der Waals surface area contributed by atoms with Crippen molar-refractivity contribution in [2.75, 3.05) is 24.3 Å². The standard InChI is InChI=1S/C17H16ClF3N2O/c1-23(2)15-7-6-13(18)10-14(15)22-16(24)9-11-4-3-5-12(8-11)17(19,20)21/h3-8,10H,9H2,1-2H3,(H,22,24). The molecule has 128 valence electrons. The Kier molecular flexibility index (Phi) is 5.39. The summed E-state index contributed by atoms with van der Waals surface area (Å²) in [6, 6.07) is 9.77. The van der Waals surface area contributed by atoms with E-state index in [0.29, 0.717) is 10.7 Å². The van der Waals surface area contributed by atoms with E-state index in [1.54, 1.807) is 23.1 Å². The number of carbonyl (C=O) groups is 1. The van der Waals surface area contributed by atoms with Gasteiger partial charge in [0.2, 0.25) is 5.91 Å². The zero-order chi connectivity index (χ0) is 17.9. The van der Waals surface area contributed by atoms with Gasteiger partial charge in [-0.1, -0.05) is 29.8 Å². The highest BCUT2D eigenvalue weighted by atomic mass is 35.5. The Labute approximate surface area is 143 Å². The van der Waals surface area contributed by atoms with Gasteiger partial charge >= 0.3 is 6.18 Å². The molecule has 7 heteroatoms. The van der Waals surface area contributed by atoms with E-state index in [4.69, 9.17) is 11.6 Å². The molecule has 0 atom stereocenters. The third-order valence-electron chi connectivity index (χ3n) is 3.33. The maximum absolute atomic E-state index is 12.7. The van der Waals surface area contributed by atoms with E-state index >= 15 is 0 Å². The number of carbonyl (C=O) groups excluding carboxylic acids is 1. The van der Waals surface area contributed by atoms with Crippen LogP contribution >= 0.6 is 11.6 Å². The highest BCUT2D eigenvalue weighted by Crippen LogP contribution is 2.30. The molecule has 0 radical (unpaired) electrons. The lowest BCUT2D eigenvalue weighted by Gasteiger charge is -2.18. The molecule has 0 aliphatic heterocycles. The molecule has 0 fully saturated rings. The number of halogens is 4. The molecule has 0 aromatic heterocycles. The van der Waals surface area contributed by atoms with Gasteiger partial charge in [-0.25, -0.2) is 0 Å². The number of anilines is 2. The van der Waals surface area contributed by atoms with Crippen molar-refractivity contribution >= 4 is 28.9 Å². The average molecular weight is 357 g/mol. The van der Waals surface area contributed by atoms with Crippen LogP contribution in [0, 0.1) is 0 Å². The Morgan fingerprint density at radius 3 is 2.50 bits per heavy atom. The maximum Gasteiger partial charge on any atom is 0.416 e. The number of nitrogens with zero attached hydrogens (tertiary/aromatic N) is 1. The van der Waals surface area contributed by atoms with Crippen LogP contribution in [0.1, 0.15) is 11.1 Å². The SMILES string of the molecule is CN(C)c1ccc(Cl)cc1NC(=O)Cc1cccc(C(F)(F)F)c1. The Morgan fingerprint density at radius 2 is 1.88 bits per heavy atom. The fourth-order valence-corrected chi connectivity index (χ4v) is 2.41. The van der Waals surface area contributed by atoms with Crippen molar-refractivity contribution in [3.63, 3.8) is 0 Å². The van der Waals surface area contributed by atoms with Crippen LogP contribution in [0.3, 0.4) is 0 Å². The summed E-state index contributed by atoms with van der Waals surface area (Å²) in [5.74, 6) is -0.417. The summed E-state index contributed by atoms with van der Waals surface area (Å²) in [7, 11) is 3.62. The second-order valence-electron chi connectivity index (χ2n) is 5.48. The minimum Gasteiger partial charge on any atom is -0.376 e. The zero-order valence-electron chi connectivity index (χ0n) is 13.1. The molecule has 0 saturated heterocycles. The lowest BCUT2D eigenvalue weighted by molar-refractivity contribution is -0.137. The molecule has 2 rings (SSSR count). The monoisotopic (exact) mass is 356 g/mol. The van der Waals surface area contributed by atoms with Crippen molar-refractivity contribution < 1.29 is 18.0 Å². The smallest absolute Gasteiger partial charge is 0.376 e. The molecular formula is C17H16ClF3N2O. The van der Waals surface area contributed by atoms with E-state index in [-0.39, 0.29) is 12.0 Å². The fraction of sp³-hybridized carbons (Fsp3) is 0.235. The largest absolute Gasteiger partial charge is 0.416 e. The van der Waals surface area contributed by atoms with Crippen molar-refractivity contribution in [3.05, 3.63) is 58.6 Å². The second kappa shape index (κ2) is 7.13. The first-order valence-corrected chi connectivity index (χ1v) is 7.47. The first-order valence-electron chi connectivity index (χ1n) is 7.09.